The summed E-state index contributed by atoms with van der Waals surface area (Å²) < 4.78 is 7.06. The molecule has 0 unspecified atom stereocenters. The number of anilines is 1. The molecule has 0 saturated carbocycles. The molecule has 22 heavy (non-hydrogen) atoms. The number of ether oxygens (including phenoxy) is 1. The first-order valence-electron chi connectivity index (χ1n) is 7.44. The molecular formula is C16H22N4O2. The van der Waals surface area contributed by atoms with Crippen LogP contribution in [0.4, 0.5) is 5.69 Å². The minimum atomic E-state index is -0.184. The van der Waals surface area contributed by atoms with E-state index in [0.717, 1.165) is 12.8 Å². The highest BCUT2D eigenvalue weighted by Crippen LogP contribution is 2.25. The van der Waals surface area contributed by atoms with Crippen LogP contribution in [0.3, 0.4) is 0 Å². The molecule has 0 N–H and O–H groups in total. The van der Waals surface area contributed by atoms with Crippen LogP contribution in [0.2, 0.25) is 0 Å². The Kier molecular flexibility index (Phi) is 5.14. The zero-order valence-electron chi connectivity index (χ0n) is 13.5. The molecule has 0 aliphatic carbocycles. The third-order valence-electron chi connectivity index (χ3n) is 3.75. The number of hydrogen-bond donors (Lipinski definition) is 0. The average Bonchev–Trinajstić information content (AvgIpc) is 3.04. The van der Waals surface area contributed by atoms with Gasteiger partial charge in [0.2, 0.25) is 5.88 Å². The molecule has 6 heteroatoms. The molecule has 0 radical (unpaired) electrons. The van der Waals surface area contributed by atoms with Gasteiger partial charge in [-0.2, -0.15) is 5.10 Å². The number of aromatic nitrogens is 3. The first-order valence-corrected chi connectivity index (χ1v) is 7.44. The number of hydrogen-bond acceptors (Lipinski definition) is 4. The van der Waals surface area contributed by atoms with Crippen molar-refractivity contribution < 1.29 is 9.53 Å². The predicted molar refractivity (Wildman–Crippen MR) is 85.4 cm³/mol. The summed E-state index contributed by atoms with van der Waals surface area (Å²) in [5.74, 6) is 0.230. The maximum atomic E-state index is 12.6. The Morgan fingerprint density at radius 3 is 2.73 bits per heavy atom. The molecule has 6 nitrogen and oxygen atoms in total. The molecule has 118 valence electrons. The van der Waals surface area contributed by atoms with Gasteiger partial charge in [-0.25, -0.2) is 4.98 Å². The van der Waals surface area contributed by atoms with Crippen LogP contribution in [0.1, 0.15) is 43.2 Å². The van der Waals surface area contributed by atoms with E-state index < -0.39 is 0 Å². The Morgan fingerprint density at radius 2 is 2.09 bits per heavy atom. The quantitative estimate of drug-likeness (QED) is 0.823. The van der Waals surface area contributed by atoms with E-state index in [1.165, 1.54) is 12.0 Å². The summed E-state index contributed by atoms with van der Waals surface area (Å²) in [7, 11) is 3.23. The van der Waals surface area contributed by atoms with Gasteiger partial charge in [-0.05, 0) is 31.0 Å². The van der Waals surface area contributed by atoms with E-state index in [1.54, 1.807) is 31.4 Å². The zero-order valence-corrected chi connectivity index (χ0v) is 13.5. The summed E-state index contributed by atoms with van der Waals surface area (Å²) in [6, 6.07) is 5.63. The maximum absolute atomic E-state index is 12.6. The van der Waals surface area contributed by atoms with Crippen molar-refractivity contribution in [3.8, 4) is 5.88 Å². The molecule has 2 rings (SSSR count). The number of methoxy groups -OCH3 is 1. The Hall–Kier alpha value is -2.37. The molecule has 2 aromatic heterocycles. The molecule has 2 heterocycles. The van der Waals surface area contributed by atoms with Crippen LogP contribution in [-0.4, -0.2) is 34.8 Å². The fourth-order valence-corrected chi connectivity index (χ4v) is 2.39. The lowest BCUT2D eigenvalue weighted by Crippen LogP contribution is -2.27. The summed E-state index contributed by atoms with van der Waals surface area (Å²) >= 11 is 0. The second-order valence-corrected chi connectivity index (χ2v) is 5.05. The molecule has 0 aliphatic heterocycles. The van der Waals surface area contributed by atoms with Gasteiger partial charge >= 0.3 is 0 Å². The van der Waals surface area contributed by atoms with Gasteiger partial charge in [0.1, 0.15) is 5.69 Å². The normalized spacial score (nSPS) is 10.8. The molecule has 0 spiro atoms. The van der Waals surface area contributed by atoms with Gasteiger partial charge in [0.25, 0.3) is 5.91 Å². The average molecular weight is 302 g/mol. The molecule has 0 saturated heterocycles. The molecule has 0 fully saturated rings. The zero-order chi connectivity index (χ0) is 16.1. The first kappa shape index (κ1) is 16.0. The summed E-state index contributed by atoms with van der Waals surface area (Å²) in [6.07, 6.45) is 5.46. The Labute approximate surface area is 130 Å². The predicted octanol–water partition coefficient (Wildman–Crippen LogP) is 2.92. The molecule has 2 aromatic rings. The Morgan fingerprint density at radius 1 is 1.36 bits per heavy atom. The lowest BCUT2D eigenvalue weighted by Gasteiger charge is -2.18. The van der Waals surface area contributed by atoms with E-state index in [2.05, 4.69) is 23.9 Å². The lowest BCUT2D eigenvalue weighted by molar-refractivity contribution is 0.0986. The highest BCUT2D eigenvalue weighted by Gasteiger charge is 2.20. The van der Waals surface area contributed by atoms with Gasteiger partial charge < -0.3 is 9.64 Å². The smallest absolute Gasteiger partial charge is 0.278 e. The maximum Gasteiger partial charge on any atom is 0.278 e. The molecule has 0 aromatic carbocycles. The third kappa shape index (κ3) is 3.10. The molecule has 0 atom stereocenters. The van der Waals surface area contributed by atoms with Crippen molar-refractivity contribution in [2.45, 2.75) is 32.7 Å². The van der Waals surface area contributed by atoms with E-state index >= 15 is 0 Å². The fourth-order valence-electron chi connectivity index (χ4n) is 2.39. The highest BCUT2D eigenvalue weighted by molar-refractivity contribution is 6.04. The number of rotatable bonds is 6. The van der Waals surface area contributed by atoms with Crippen LogP contribution >= 0.6 is 0 Å². The molecule has 1 amide bonds. The largest absolute Gasteiger partial charge is 0.480 e. The monoisotopic (exact) mass is 302 g/mol. The molecule has 0 aliphatic rings. The van der Waals surface area contributed by atoms with E-state index in [0.29, 0.717) is 23.3 Å². The van der Waals surface area contributed by atoms with Gasteiger partial charge in [-0.15, -0.1) is 0 Å². The summed E-state index contributed by atoms with van der Waals surface area (Å²) in [4.78, 5) is 18.2. The van der Waals surface area contributed by atoms with Crippen molar-refractivity contribution in [3.63, 3.8) is 0 Å². The number of carbonyl (C=O) groups is 1. The summed E-state index contributed by atoms with van der Waals surface area (Å²) in [6.45, 7) is 4.23. The van der Waals surface area contributed by atoms with Crippen LogP contribution in [0.5, 0.6) is 5.88 Å². The van der Waals surface area contributed by atoms with Crippen molar-refractivity contribution >= 4 is 11.6 Å². The first-order chi connectivity index (χ1) is 10.6. The van der Waals surface area contributed by atoms with Crippen LogP contribution in [0, 0.1) is 0 Å². The van der Waals surface area contributed by atoms with Crippen LogP contribution in [-0.2, 0) is 0 Å². The van der Waals surface area contributed by atoms with Gasteiger partial charge in [0.05, 0.1) is 13.2 Å². The minimum absolute atomic E-state index is 0.184. The van der Waals surface area contributed by atoms with E-state index in [4.69, 9.17) is 4.74 Å². The Bertz CT molecular complexity index is 635. The second kappa shape index (κ2) is 7.06. The highest BCUT2D eigenvalue weighted by atomic mass is 16.5. The standard InChI is InChI=1S/C16H22N4O2/c1-5-12(6-2)20-11-9-13(18-20)16(21)19(3)14-8-7-10-17-15(14)22-4/h7-12H,5-6H2,1-4H3. The van der Waals surface area contributed by atoms with Crippen molar-refractivity contribution in [3.05, 3.63) is 36.3 Å². The van der Waals surface area contributed by atoms with Gasteiger partial charge in [0, 0.05) is 19.4 Å². The molecule has 0 bridgehead atoms. The van der Waals surface area contributed by atoms with E-state index in [9.17, 15) is 4.79 Å². The number of nitrogens with zero attached hydrogens (tertiary/aromatic N) is 4. The number of amides is 1. The van der Waals surface area contributed by atoms with E-state index in [1.807, 2.05) is 10.9 Å². The van der Waals surface area contributed by atoms with Gasteiger partial charge in [0.15, 0.2) is 5.69 Å². The van der Waals surface area contributed by atoms with Crippen molar-refractivity contribution in [2.24, 2.45) is 0 Å². The molecular weight excluding hydrogens is 280 g/mol. The number of carbonyl (C=O) groups excluding carboxylic acids is 1. The fraction of sp³-hybridized carbons (Fsp3) is 0.438. The van der Waals surface area contributed by atoms with Crippen molar-refractivity contribution in [1.29, 1.82) is 0 Å². The van der Waals surface area contributed by atoms with Crippen LogP contribution < -0.4 is 9.64 Å². The topological polar surface area (TPSA) is 60.2 Å². The van der Waals surface area contributed by atoms with Crippen molar-refractivity contribution in [1.82, 2.24) is 14.8 Å². The third-order valence-corrected chi connectivity index (χ3v) is 3.75. The second-order valence-electron chi connectivity index (χ2n) is 5.05. The number of pyridine rings is 1. The Balaban J connectivity index is 2.24. The summed E-state index contributed by atoms with van der Waals surface area (Å²) in [5.41, 5.74) is 1.03. The minimum Gasteiger partial charge on any atom is -0.480 e. The SMILES string of the molecule is CCC(CC)n1ccc(C(=O)N(C)c2cccnc2OC)n1. The summed E-state index contributed by atoms with van der Waals surface area (Å²) in [5, 5.41) is 4.42. The van der Waals surface area contributed by atoms with Gasteiger partial charge in [-0.3, -0.25) is 9.48 Å². The van der Waals surface area contributed by atoms with Crippen LogP contribution in [0.25, 0.3) is 0 Å². The van der Waals surface area contributed by atoms with E-state index in [-0.39, 0.29) is 5.91 Å². The lowest BCUT2D eigenvalue weighted by atomic mass is 10.2. The van der Waals surface area contributed by atoms with Crippen LogP contribution in [0.15, 0.2) is 30.6 Å². The van der Waals surface area contributed by atoms with Crippen molar-refractivity contribution in [2.75, 3.05) is 19.1 Å². The van der Waals surface area contributed by atoms with Gasteiger partial charge in [-0.1, -0.05) is 13.8 Å².